The van der Waals surface area contributed by atoms with Gasteiger partial charge in [-0.3, -0.25) is 9.59 Å². The van der Waals surface area contributed by atoms with Gasteiger partial charge in [-0.2, -0.15) is 0 Å². The number of hydrogen-bond donors (Lipinski definition) is 0. The van der Waals surface area contributed by atoms with Crippen molar-refractivity contribution < 1.29 is 18.5 Å². The Morgan fingerprint density at radius 1 is 1.15 bits per heavy atom. The standard InChI is InChI=1S/C27H30FN3O3/c1-4-14-30-24(19-8-6-5-7-9-19)17-31(23(27(30)33)15-18(2)3)26(32)22-16-25(34-29-22)20-10-12-21(28)13-11-20/h5-13,16,18,23-24H,4,14-15,17H2,1-3H3/t23-,24+/m0/s1. The van der Waals surface area contributed by atoms with E-state index in [1.165, 1.54) is 12.1 Å². The maximum absolute atomic E-state index is 13.7. The van der Waals surface area contributed by atoms with E-state index in [1.807, 2.05) is 49.1 Å². The molecule has 1 aromatic heterocycles. The lowest BCUT2D eigenvalue weighted by atomic mass is 9.93. The summed E-state index contributed by atoms with van der Waals surface area (Å²) >= 11 is 0. The summed E-state index contributed by atoms with van der Waals surface area (Å²) in [7, 11) is 0. The van der Waals surface area contributed by atoms with Crippen LogP contribution in [0.15, 0.2) is 65.2 Å². The van der Waals surface area contributed by atoms with Crippen molar-refractivity contribution in [1.29, 1.82) is 0 Å². The number of nitrogens with zero attached hydrogens (tertiary/aromatic N) is 3. The van der Waals surface area contributed by atoms with Gasteiger partial charge in [0.2, 0.25) is 5.91 Å². The minimum atomic E-state index is -0.565. The number of halogens is 1. The normalized spacial score (nSPS) is 18.6. The fraction of sp³-hybridized carbons (Fsp3) is 0.370. The Hall–Kier alpha value is -3.48. The van der Waals surface area contributed by atoms with Crippen LogP contribution in [-0.2, 0) is 4.79 Å². The van der Waals surface area contributed by atoms with Gasteiger partial charge in [-0.15, -0.1) is 0 Å². The van der Waals surface area contributed by atoms with E-state index in [9.17, 15) is 14.0 Å². The summed E-state index contributed by atoms with van der Waals surface area (Å²) in [6.45, 7) is 7.16. The summed E-state index contributed by atoms with van der Waals surface area (Å²) < 4.78 is 18.7. The molecule has 2 atom stereocenters. The zero-order valence-electron chi connectivity index (χ0n) is 19.8. The molecular weight excluding hydrogens is 433 g/mol. The van der Waals surface area contributed by atoms with Crippen molar-refractivity contribution >= 4 is 11.8 Å². The molecule has 0 N–H and O–H groups in total. The molecular formula is C27H30FN3O3. The lowest BCUT2D eigenvalue weighted by Crippen LogP contribution is -2.60. The number of aromatic nitrogens is 1. The topological polar surface area (TPSA) is 66.7 Å². The number of benzene rings is 2. The Morgan fingerprint density at radius 3 is 2.50 bits per heavy atom. The molecule has 1 aliphatic heterocycles. The molecule has 2 amide bonds. The molecule has 6 nitrogen and oxygen atoms in total. The highest BCUT2D eigenvalue weighted by molar-refractivity contribution is 5.97. The molecule has 2 aromatic carbocycles. The SMILES string of the molecule is CCCN1C(=O)[C@H](CC(C)C)N(C(=O)c2cc(-c3ccc(F)cc3)on2)C[C@@H]1c1ccccc1. The lowest BCUT2D eigenvalue weighted by Gasteiger charge is -2.46. The third kappa shape index (κ3) is 4.88. The van der Waals surface area contributed by atoms with Crippen molar-refractivity contribution in [2.45, 2.75) is 45.7 Å². The summed E-state index contributed by atoms with van der Waals surface area (Å²) in [5.41, 5.74) is 1.76. The first-order valence-electron chi connectivity index (χ1n) is 11.8. The first kappa shape index (κ1) is 23.7. The molecule has 4 rings (SSSR count). The average Bonchev–Trinajstić information content (AvgIpc) is 3.32. The van der Waals surface area contributed by atoms with E-state index in [-0.39, 0.29) is 35.3 Å². The predicted octanol–water partition coefficient (Wildman–Crippen LogP) is 5.33. The zero-order chi connectivity index (χ0) is 24.2. The van der Waals surface area contributed by atoms with Crippen LogP contribution >= 0.6 is 0 Å². The molecule has 1 saturated heterocycles. The zero-order valence-corrected chi connectivity index (χ0v) is 19.8. The second-order valence-corrected chi connectivity index (χ2v) is 9.14. The maximum atomic E-state index is 13.7. The van der Waals surface area contributed by atoms with Gasteiger partial charge in [0.15, 0.2) is 11.5 Å². The first-order chi connectivity index (χ1) is 16.4. The third-order valence-corrected chi connectivity index (χ3v) is 6.15. The number of carbonyl (C=O) groups is 2. The van der Waals surface area contributed by atoms with E-state index in [2.05, 4.69) is 12.1 Å². The summed E-state index contributed by atoms with van der Waals surface area (Å²) in [5, 5.41) is 4.00. The monoisotopic (exact) mass is 463 g/mol. The number of hydrogen-bond acceptors (Lipinski definition) is 4. The van der Waals surface area contributed by atoms with Crippen LogP contribution in [0.25, 0.3) is 11.3 Å². The highest BCUT2D eigenvalue weighted by Crippen LogP contribution is 2.33. The van der Waals surface area contributed by atoms with Crippen molar-refractivity contribution in [3.8, 4) is 11.3 Å². The predicted molar refractivity (Wildman–Crippen MR) is 127 cm³/mol. The minimum absolute atomic E-state index is 0.0359. The van der Waals surface area contributed by atoms with Crippen LogP contribution < -0.4 is 0 Å². The van der Waals surface area contributed by atoms with Crippen molar-refractivity contribution in [2.24, 2.45) is 5.92 Å². The molecule has 7 heteroatoms. The van der Waals surface area contributed by atoms with Gasteiger partial charge in [0.25, 0.3) is 5.91 Å². The van der Waals surface area contributed by atoms with Gasteiger partial charge in [-0.25, -0.2) is 4.39 Å². The minimum Gasteiger partial charge on any atom is -0.355 e. The highest BCUT2D eigenvalue weighted by atomic mass is 19.1. The van der Waals surface area contributed by atoms with Crippen molar-refractivity contribution in [3.05, 3.63) is 77.7 Å². The summed E-state index contributed by atoms with van der Waals surface area (Å²) in [6.07, 6.45) is 1.40. The van der Waals surface area contributed by atoms with Gasteiger partial charge in [0.05, 0.1) is 6.04 Å². The maximum Gasteiger partial charge on any atom is 0.276 e. The van der Waals surface area contributed by atoms with Gasteiger partial charge < -0.3 is 14.3 Å². The molecule has 34 heavy (non-hydrogen) atoms. The molecule has 0 radical (unpaired) electrons. The number of amides is 2. The van der Waals surface area contributed by atoms with Crippen molar-refractivity contribution in [2.75, 3.05) is 13.1 Å². The van der Waals surface area contributed by atoms with E-state index < -0.39 is 6.04 Å². The van der Waals surface area contributed by atoms with Crippen LogP contribution in [0.2, 0.25) is 0 Å². The van der Waals surface area contributed by atoms with Crippen LogP contribution in [0, 0.1) is 11.7 Å². The molecule has 3 aromatic rings. The average molecular weight is 464 g/mol. The quantitative estimate of drug-likeness (QED) is 0.475. The van der Waals surface area contributed by atoms with Crippen LogP contribution in [0.1, 0.15) is 55.7 Å². The molecule has 0 saturated carbocycles. The summed E-state index contributed by atoms with van der Waals surface area (Å²) in [4.78, 5) is 30.9. The van der Waals surface area contributed by atoms with Crippen molar-refractivity contribution in [1.82, 2.24) is 15.0 Å². The van der Waals surface area contributed by atoms with Gasteiger partial charge in [-0.1, -0.05) is 56.3 Å². The van der Waals surface area contributed by atoms with Gasteiger partial charge in [0, 0.05) is 24.7 Å². The second kappa shape index (κ2) is 10.2. The van der Waals surface area contributed by atoms with E-state index >= 15 is 0 Å². The van der Waals surface area contributed by atoms with Crippen LogP contribution in [0.3, 0.4) is 0 Å². The number of rotatable bonds is 7. The number of carbonyl (C=O) groups excluding carboxylic acids is 2. The number of piperazine rings is 1. The third-order valence-electron chi connectivity index (χ3n) is 6.15. The van der Waals surface area contributed by atoms with E-state index in [0.717, 1.165) is 12.0 Å². The Morgan fingerprint density at radius 2 is 1.85 bits per heavy atom. The lowest BCUT2D eigenvalue weighted by molar-refractivity contribution is -0.145. The van der Waals surface area contributed by atoms with E-state index in [0.29, 0.717) is 30.8 Å². The molecule has 0 spiro atoms. The highest BCUT2D eigenvalue weighted by Gasteiger charge is 2.43. The van der Waals surface area contributed by atoms with E-state index in [1.54, 1.807) is 23.1 Å². The fourth-order valence-electron chi connectivity index (χ4n) is 4.53. The smallest absolute Gasteiger partial charge is 0.276 e. The van der Waals surface area contributed by atoms with Gasteiger partial charge in [0.1, 0.15) is 11.9 Å². The largest absolute Gasteiger partial charge is 0.355 e. The van der Waals surface area contributed by atoms with Crippen LogP contribution in [-0.4, -0.2) is 45.9 Å². The molecule has 0 unspecified atom stereocenters. The molecule has 1 aliphatic rings. The summed E-state index contributed by atoms with van der Waals surface area (Å²) in [5.74, 6) is -0.127. The molecule has 2 heterocycles. The molecule has 1 fully saturated rings. The fourth-order valence-corrected chi connectivity index (χ4v) is 4.53. The van der Waals surface area contributed by atoms with Gasteiger partial charge in [-0.05, 0) is 48.6 Å². The second-order valence-electron chi connectivity index (χ2n) is 9.14. The Bertz CT molecular complexity index is 1130. The van der Waals surface area contributed by atoms with Crippen LogP contribution in [0.5, 0.6) is 0 Å². The molecule has 178 valence electrons. The molecule has 0 aliphatic carbocycles. The molecule has 0 bridgehead atoms. The first-order valence-corrected chi connectivity index (χ1v) is 11.8. The summed E-state index contributed by atoms with van der Waals surface area (Å²) in [6, 6.07) is 16.4. The van der Waals surface area contributed by atoms with Crippen LogP contribution in [0.4, 0.5) is 4.39 Å². The van der Waals surface area contributed by atoms with E-state index in [4.69, 9.17) is 4.52 Å². The van der Waals surface area contributed by atoms with Crippen molar-refractivity contribution in [3.63, 3.8) is 0 Å². The van der Waals surface area contributed by atoms with Gasteiger partial charge >= 0.3 is 0 Å². The Balaban J connectivity index is 1.68. The Kier molecular flexibility index (Phi) is 7.10. The Labute approximate surface area is 199 Å².